The minimum Gasteiger partial charge on any atom is -0.369 e. The molecular weight excluding hydrogens is 402 g/mol. The highest BCUT2D eigenvalue weighted by atomic mass is 35.5. The largest absolute Gasteiger partial charge is 0.369 e. The van der Waals surface area contributed by atoms with Crippen LogP contribution in [0.4, 0.5) is 5.69 Å². The zero-order valence-corrected chi connectivity index (χ0v) is 18.7. The fourth-order valence-electron chi connectivity index (χ4n) is 4.26. The van der Waals surface area contributed by atoms with Crippen LogP contribution in [0.2, 0.25) is 5.02 Å². The normalized spacial score (nSPS) is 21.0. The third-order valence-corrected chi connectivity index (χ3v) is 6.16. The fraction of sp³-hybridized carbons (Fsp3) is 0.591. The number of likely N-dealkylation sites (tertiary alicyclic amines) is 1. The molecule has 1 aromatic carbocycles. The van der Waals surface area contributed by atoms with Gasteiger partial charge >= 0.3 is 0 Å². The van der Waals surface area contributed by atoms with E-state index in [4.69, 9.17) is 16.1 Å². The minimum atomic E-state index is -0.0404. The van der Waals surface area contributed by atoms with E-state index in [2.05, 4.69) is 40.8 Å². The first-order valence-corrected chi connectivity index (χ1v) is 11.1. The number of benzene rings is 1. The molecule has 2 aliphatic rings. The molecule has 1 atom stereocenters. The number of carbonyl (C=O) groups is 1. The lowest BCUT2D eigenvalue weighted by Gasteiger charge is -2.24. The Morgan fingerprint density at radius 2 is 2.07 bits per heavy atom. The maximum atomic E-state index is 12.3. The van der Waals surface area contributed by atoms with Crippen LogP contribution < -0.4 is 4.90 Å². The van der Waals surface area contributed by atoms with Gasteiger partial charge in [0, 0.05) is 44.7 Å². The van der Waals surface area contributed by atoms with Crippen LogP contribution in [-0.2, 0) is 4.79 Å². The lowest BCUT2D eigenvalue weighted by molar-refractivity contribution is -0.128. The minimum absolute atomic E-state index is 0.0404. The summed E-state index contributed by atoms with van der Waals surface area (Å²) in [6.45, 7) is 9.73. The Hall–Kier alpha value is -2.12. The Kier molecular flexibility index (Phi) is 6.29. The van der Waals surface area contributed by atoms with Gasteiger partial charge in [-0.25, -0.2) is 0 Å². The molecule has 3 heterocycles. The Labute approximate surface area is 183 Å². The van der Waals surface area contributed by atoms with Crippen molar-refractivity contribution in [2.45, 2.75) is 32.6 Å². The second-order valence-corrected chi connectivity index (χ2v) is 9.27. The molecule has 162 valence electrons. The van der Waals surface area contributed by atoms with Gasteiger partial charge in [-0.15, -0.1) is 0 Å². The molecule has 0 bridgehead atoms. The Morgan fingerprint density at radius 1 is 1.23 bits per heavy atom. The summed E-state index contributed by atoms with van der Waals surface area (Å²) in [4.78, 5) is 23.4. The monoisotopic (exact) mass is 431 g/mol. The van der Waals surface area contributed by atoms with Gasteiger partial charge in [0.25, 0.3) is 0 Å². The van der Waals surface area contributed by atoms with Crippen molar-refractivity contribution in [1.82, 2.24) is 19.9 Å². The van der Waals surface area contributed by atoms with Crippen molar-refractivity contribution in [3.05, 3.63) is 29.1 Å². The van der Waals surface area contributed by atoms with Crippen molar-refractivity contribution in [3.8, 4) is 11.4 Å². The van der Waals surface area contributed by atoms with E-state index >= 15 is 0 Å². The molecule has 1 amide bonds. The zero-order valence-electron chi connectivity index (χ0n) is 18.0. The molecule has 0 radical (unpaired) electrons. The van der Waals surface area contributed by atoms with E-state index in [1.54, 1.807) is 0 Å². The molecule has 7 nitrogen and oxygen atoms in total. The summed E-state index contributed by atoms with van der Waals surface area (Å²) in [5.74, 6) is 1.60. The van der Waals surface area contributed by atoms with Gasteiger partial charge in [0.2, 0.25) is 17.6 Å². The number of likely N-dealkylation sites (N-methyl/N-ethyl adjacent to an activating group) is 1. The smallest absolute Gasteiger partial charge is 0.232 e. The predicted molar refractivity (Wildman–Crippen MR) is 118 cm³/mol. The third-order valence-electron chi connectivity index (χ3n) is 5.86. The second-order valence-electron chi connectivity index (χ2n) is 8.86. The van der Waals surface area contributed by atoms with E-state index in [0.717, 1.165) is 50.4 Å². The molecule has 2 aliphatic heterocycles. The molecule has 0 N–H and O–H groups in total. The van der Waals surface area contributed by atoms with Gasteiger partial charge in [-0.05, 0) is 44.1 Å². The summed E-state index contributed by atoms with van der Waals surface area (Å²) < 4.78 is 5.52. The van der Waals surface area contributed by atoms with Crippen molar-refractivity contribution in [2.75, 3.05) is 51.2 Å². The van der Waals surface area contributed by atoms with Gasteiger partial charge in [-0.3, -0.25) is 4.79 Å². The zero-order chi connectivity index (χ0) is 21.3. The van der Waals surface area contributed by atoms with Crippen LogP contribution in [0.15, 0.2) is 22.7 Å². The van der Waals surface area contributed by atoms with Gasteiger partial charge in [0.15, 0.2) is 0 Å². The summed E-state index contributed by atoms with van der Waals surface area (Å²) in [7, 11) is 2.15. The summed E-state index contributed by atoms with van der Waals surface area (Å²) in [5, 5.41) is 4.85. The van der Waals surface area contributed by atoms with E-state index in [1.807, 2.05) is 23.1 Å². The molecule has 8 heteroatoms. The van der Waals surface area contributed by atoms with Crippen LogP contribution in [-0.4, -0.2) is 72.2 Å². The number of carbonyl (C=O) groups excluding carboxylic acids is 1. The number of hydrogen-bond acceptors (Lipinski definition) is 6. The SMILES string of the molecule is CC(C)CN1CC(c2nc(-c3ccc(N4CCCN(C)CC4)c(Cl)c3)no2)CC1=O. The molecule has 4 rings (SSSR count). The van der Waals surface area contributed by atoms with Gasteiger partial charge in [0.05, 0.1) is 16.6 Å². The van der Waals surface area contributed by atoms with Crippen molar-refractivity contribution in [2.24, 2.45) is 5.92 Å². The molecule has 2 saturated heterocycles. The number of nitrogens with zero attached hydrogens (tertiary/aromatic N) is 5. The maximum absolute atomic E-state index is 12.3. The summed E-state index contributed by atoms with van der Waals surface area (Å²) in [6, 6.07) is 5.95. The third kappa shape index (κ3) is 4.62. The summed E-state index contributed by atoms with van der Waals surface area (Å²) in [5.41, 5.74) is 1.87. The highest BCUT2D eigenvalue weighted by Gasteiger charge is 2.34. The first-order valence-electron chi connectivity index (χ1n) is 10.8. The van der Waals surface area contributed by atoms with Crippen molar-refractivity contribution in [3.63, 3.8) is 0 Å². The van der Waals surface area contributed by atoms with Crippen molar-refractivity contribution < 1.29 is 9.32 Å². The first kappa shape index (κ1) is 21.1. The quantitative estimate of drug-likeness (QED) is 0.721. The van der Waals surface area contributed by atoms with E-state index in [-0.39, 0.29) is 11.8 Å². The number of anilines is 1. The molecule has 1 aromatic heterocycles. The molecular formula is C22H30ClN5O2. The first-order chi connectivity index (χ1) is 14.4. The maximum Gasteiger partial charge on any atom is 0.232 e. The number of hydrogen-bond donors (Lipinski definition) is 0. The van der Waals surface area contributed by atoms with Crippen molar-refractivity contribution >= 4 is 23.2 Å². The fourth-order valence-corrected chi connectivity index (χ4v) is 4.56. The molecule has 0 saturated carbocycles. The molecule has 0 aliphatic carbocycles. The van der Waals surface area contributed by atoms with Crippen LogP contribution in [0.25, 0.3) is 11.4 Å². The average molecular weight is 432 g/mol. The molecule has 30 heavy (non-hydrogen) atoms. The number of rotatable bonds is 5. The highest BCUT2D eigenvalue weighted by molar-refractivity contribution is 6.33. The van der Waals surface area contributed by atoms with Crippen LogP contribution >= 0.6 is 11.6 Å². The standard InChI is InChI=1S/C22H30ClN5O2/c1-15(2)13-28-14-17(12-20(28)29)22-24-21(25-30-22)16-5-6-19(18(23)11-16)27-8-4-7-26(3)9-10-27/h5-6,11,15,17H,4,7-10,12-14H2,1-3H3. The van der Waals surface area contributed by atoms with E-state index in [1.165, 1.54) is 0 Å². The number of halogens is 1. The summed E-state index contributed by atoms with van der Waals surface area (Å²) >= 11 is 6.63. The van der Waals surface area contributed by atoms with Crippen LogP contribution in [0.1, 0.15) is 38.5 Å². The lowest BCUT2D eigenvalue weighted by Crippen LogP contribution is -2.29. The molecule has 1 unspecified atom stereocenters. The van der Waals surface area contributed by atoms with Gasteiger partial charge < -0.3 is 19.2 Å². The van der Waals surface area contributed by atoms with E-state index in [9.17, 15) is 4.79 Å². The average Bonchev–Trinajstić information content (AvgIpc) is 3.26. The lowest BCUT2D eigenvalue weighted by atomic mass is 10.1. The number of amides is 1. The van der Waals surface area contributed by atoms with Gasteiger partial charge in [-0.2, -0.15) is 4.98 Å². The van der Waals surface area contributed by atoms with Crippen LogP contribution in [0, 0.1) is 5.92 Å². The molecule has 0 spiro atoms. The van der Waals surface area contributed by atoms with Gasteiger partial charge in [-0.1, -0.05) is 30.6 Å². The summed E-state index contributed by atoms with van der Waals surface area (Å²) in [6.07, 6.45) is 1.55. The van der Waals surface area contributed by atoms with Gasteiger partial charge in [0.1, 0.15) is 0 Å². The molecule has 2 fully saturated rings. The Balaban J connectivity index is 1.47. The van der Waals surface area contributed by atoms with Crippen LogP contribution in [0.5, 0.6) is 0 Å². The topological polar surface area (TPSA) is 65.7 Å². The Morgan fingerprint density at radius 3 is 2.83 bits per heavy atom. The number of aromatic nitrogens is 2. The van der Waals surface area contributed by atoms with Crippen LogP contribution in [0.3, 0.4) is 0 Å². The highest BCUT2D eigenvalue weighted by Crippen LogP contribution is 2.33. The van der Waals surface area contributed by atoms with E-state index in [0.29, 0.717) is 35.6 Å². The second kappa shape index (κ2) is 8.94. The van der Waals surface area contributed by atoms with E-state index < -0.39 is 0 Å². The van der Waals surface area contributed by atoms with Crippen molar-refractivity contribution in [1.29, 1.82) is 0 Å². The molecule has 2 aromatic rings. The Bertz CT molecular complexity index is 899. The predicted octanol–water partition coefficient (Wildman–Crippen LogP) is 3.50.